The molecule has 0 aliphatic heterocycles. The Morgan fingerprint density at radius 3 is 2.11 bits per heavy atom. The lowest BCUT2D eigenvalue weighted by Gasteiger charge is -2.30. The highest BCUT2D eigenvalue weighted by molar-refractivity contribution is 14.0. The van der Waals surface area contributed by atoms with Crippen LogP contribution in [0.1, 0.15) is 52.7 Å². The molecule has 156 valence electrons. The number of rotatable bonds is 11. The number of aliphatic imine (C=N–C) groups is 1. The summed E-state index contributed by atoms with van der Waals surface area (Å²) in [7, 11) is 0. The van der Waals surface area contributed by atoms with Crippen molar-refractivity contribution in [2.45, 2.75) is 66.8 Å². The third-order valence-electron chi connectivity index (χ3n) is 4.25. The molecule has 1 aromatic carbocycles. The minimum Gasteiger partial charge on any atom is -0.377 e. The van der Waals surface area contributed by atoms with Crippen LogP contribution in [0.15, 0.2) is 29.3 Å². The van der Waals surface area contributed by atoms with Crippen molar-refractivity contribution >= 4 is 29.9 Å². The number of hydrogen-bond acceptors (Lipinski definition) is 3. The van der Waals surface area contributed by atoms with Crippen LogP contribution in [0.5, 0.6) is 0 Å². The molecule has 2 N–H and O–H groups in total. The van der Waals surface area contributed by atoms with Crippen LogP contribution in [-0.4, -0.2) is 49.2 Å². The highest BCUT2D eigenvalue weighted by Gasteiger charge is 2.12. The van der Waals surface area contributed by atoms with Crippen LogP contribution < -0.4 is 10.6 Å². The van der Waals surface area contributed by atoms with E-state index in [1.165, 1.54) is 11.1 Å². The van der Waals surface area contributed by atoms with Crippen LogP contribution in [0.2, 0.25) is 0 Å². The van der Waals surface area contributed by atoms with Gasteiger partial charge in [0.15, 0.2) is 5.96 Å². The fourth-order valence-corrected chi connectivity index (χ4v) is 2.89. The monoisotopic (exact) mass is 490 g/mol. The molecule has 1 rings (SSSR count). The van der Waals surface area contributed by atoms with Gasteiger partial charge in [-0.3, -0.25) is 4.90 Å². The van der Waals surface area contributed by atoms with Gasteiger partial charge < -0.3 is 15.4 Å². The molecular weight excluding hydrogens is 451 g/mol. The van der Waals surface area contributed by atoms with E-state index in [0.717, 1.165) is 32.2 Å². The fraction of sp³-hybridized carbons (Fsp3) is 0.667. The number of guanidine groups is 1. The summed E-state index contributed by atoms with van der Waals surface area (Å²) >= 11 is 0. The third-order valence-corrected chi connectivity index (χ3v) is 4.25. The molecule has 27 heavy (non-hydrogen) atoms. The van der Waals surface area contributed by atoms with Gasteiger partial charge in [0.2, 0.25) is 0 Å². The van der Waals surface area contributed by atoms with Gasteiger partial charge in [0.05, 0.1) is 13.2 Å². The molecule has 0 amide bonds. The van der Waals surface area contributed by atoms with E-state index in [1.807, 2.05) is 6.92 Å². The quantitative estimate of drug-likeness (QED) is 0.280. The Hall–Kier alpha value is -0.860. The van der Waals surface area contributed by atoms with Crippen molar-refractivity contribution in [2.75, 3.05) is 26.2 Å². The van der Waals surface area contributed by atoms with Gasteiger partial charge in [-0.1, -0.05) is 24.3 Å². The maximum absolute atomic E-state index is 5.44. The maximum atomic E-state index is 5.44. The summed E-state index contributed by atoms with van der Waals surface area (Å²) in [4.78, 5) is 7.19. The van der Waals surface area contributed by atoms with E-state index < -0.39 is 0 Å². The Labute approximate surface area is 183 Å². The number of halogens is 1. The summed E-state index contributed by atoms with van der Waals surface area (Å²) in [6.45, 7) is 17.9. The number of nitrogens with zero attached hydrogens (tertiary/aromatic N) is 2. The molecule has 0 saturated heterocycles. The summed E-state index contributed by atoms with van der Waals surface area (Å²) in [6, 6.07) is 9.58. The van der Waals surface area contributed by atoms with Crippen LogP contribution in [0.25, 0.3) is 0 Å². The van der Waals surface area contributed by atoms with Crippen molar-refractivity contribution in [3.8, 4) is 0 Å². The summed E-state index contributed by atoms with van der Waals surface area (Å²) in [5.41, 5.74) is 2.40. The van der Waals surface area contributed by atoms with Crippen LogP contribution in [-0.2, 0) is 17.9 Å². The molecule has 0 aliphatic carbocycles. The molecule has 0 unspecified atom stereocenters. The Morgan fingerprint density at radius 1 is 1.00 bits per heavy atom. The average Bonchev–Trinajstić information content (AvgIpc) is 2.61. The van der Waals surface area contributed by atoms with Crippen LogP contribution in [0.4, 0.5) is 0 Å². The predicted octanol–water partition coefficient (Wildman–Crippen LogP) is 4.02. The minimum absolute atomic E-state index is 0. The molecule has 0 saturated carbocycles. The van der Waals surface area contributed by atoms with Crippen molar-refractivity contribution in [1.29, 1.82) is 0 Å². The van der Waals surface area contributed by atoms with E-state index in [9.17, 15) is 0 Å². The van der Waals surface area contributed by atoms with Crippen LogP contribution in [0, 0.1) is 0 Å². The Balaban J connectivity index is 0.00000676. The van der Waals surface area contributed by atoms with E-state index >= 15 is 0 Å². The van der Waals surface area contributed by atoms with Gasteiger partial charge in [0, 0.05) is 38.3 Å². The van der Waals surface area contributed by atoms with E-state index in [4.69, 9.17) is 9.73 Å². The predicted molar refractivity (Wildman–Crippen MR) is 127 cm³/mol. The van der Waals surface area contributed by atoms with Gasteiger partial charge in [0.1, 0.15) is 0 Å². The van der Waals surface area contributed by atoms with E-state index in [0.29, 0.717) is 25.2 Å². The third kappa shape index (κ3) is 10.9. The minimum atomic E-state index is 0. The van der Waals surface area contributed by atoms with E-state index in [1.54, 1.807) is 0 Å². The maximum Gasteiger partial charge on any atom is 0.191 e. The zero-order valence-corrected chi connectivity index (χ0v) is 20.2. The number of hydrogen-bond donors (Lipinski definition) is 2. The Morgan fingerprint density at radius 2 is 1.59 bits per heavy atom. The Bertz CT molecular complexity index is 509. The molecule has 0 aromatic heterocycles. The molecule has 0 aliphatic rings. The number of ether oxygens (including phenoxy) is 1. The summed E-state index contributed by atoms with van der Waals surface area (Å²) in [5.74, 6) is 0.873. The summed E-state index contributed by atoms with van der Waals surface area (Å²) in [6.07, 6.45) is 0. The highest BCUT2D eigenvalue weighted by Crippen LogP contribution is 2.07. The first-order chi connectivity index (χ1) is 12.5. The molecule has 0 heterocycles. The van der Waals surface area contributed by atoms with Gasteiger partial charge >= 0.3 is 0 Å². The second-order valence-corrected chi connectivity index (χ2v) is 7.00. The van der Waals surface area contributed by atoms with Crippen molar-refractivity contribution in [1.82, 2.24) is 15.5 Å². The molecule has 0 spiro atoms. The summed E-state index contributed by atoms with van der Waals surface area (Å²) < 4.78 is 5.44. The van der Waals surface area contributed by atoms with Gasteiger partial charge in [-0.25, -0.2) is 4.99 Å². The van der Waals surface area contributed by atoms with Gasteiger partial charge in [-0.2, -0.15) is 0 Å². The molecular formula is C21H39IN4O. The topological polar surface area (TPSA) is 48.9 Å². The van der Waals surface area contributed by atoms with Gasteiger partial charge in [0.25, 0.3) is 0 Å². The largest absolute Gasteiger partial charge is 0.377 e. The second kappa shape index (κ2) is 15.1. The van der Waals surface area contributed by atoms with Crippen molar-refractivity contribution in [2.24, 2.45) is 4.99 Å². The fourth-order valence-electron chi connectivity index (χ4n) is 2.89. The lowest BCUT2D eigenvalue weighted by molar-refractivity contribution is 0.134. The van der Waals surface area contributed by atoms with Crippen LogP contribution >= 0.6 is 24.0 Å². The van der Waals surface area contributed by atoms with Crippen LogP contribution in [0.3, 0.4) is 0 Å². The SMILES string of the molecule is CCNC(=NCc1ccc(COCC)cc1)NCCN(C(C)C)C(C)C.I. The number of nitrogens with one attached hydrogen (secondary N) is 2. The van der Waals surface area contributed by atoms with Crippen molar-refractivity contribution in [3.63, 3.8) is 0 Å². The zero-order valence-electron chi connectivity index (χ0n) is 17.9. The highest BCUT2D eigenvalue weighted by atomic mass is 127. The molecule has 6 heteroatoms. The normalized spacial score (nSPS) is 11.8. The van der Waals surface area contributed by atoms with Gasteiger partial charge in [-0.15, -0.1) is 24.0 Å². The average molecular weight is 490 g/mol. The van der Waals surface area contributed by atoms with Gasteiger partial charge in [-0.05, 0) is 52.7 Å². The standard InChI is InChI=1S/C21H38N4O.HI/c1-7-22-21(23-13-14-25(17(3)4)18(5)6)24-15-19-9-11-20(12-10-19)16-26-8-2;/h9-12,17-18H,7-8,13-16H2,1-6H3,(H2,22,23,24);1H. The molecule has 5 nitrogen and oxygen atoms in total. The first-order valence-corrected chi connectivity index (χ1v) is 9.91. The first kappa shape index (κ1) is 26.1. The number of benzene rings is 1. The molecule has 0 fully saturated rings. The van der Waals surface area contributed by atoms with Crippen molar-refractivity contribution < 1.29 is 4.74 Å². The summed E-state index contributed by atoms with van der Waals surface area (Å²) in [5, 5.41) is 6.77. The molecule has 0 atom stereocenters. The zero-order chi connectivity index (χ0) is 19.4. The lowest BCUT2D eigenvalue weighted by atomic mass is 10.1. The van der Waals surface area contributed by atoms with E-state index in [-0.39, 0.29) is 24.0 Å². The molecule has 0 bridgehead atoms. The second-order valence-electron chi connectivity index (χ2n) is 7.00. The lowest BCUT2D eigenvalue weighted by Crippen LogP contribution is -2.45. The van der Waals surface area contributed by atoms with Crippen molar-refractivity contribution in [3.05, 3.63) is 35.4 Å². The molecule has 0 radical (unpaired) electrons. The van der Waals surface area contributed by atoms with E-state index in [2.05, 4.69) is 74.4 Å². The molecule has 1 aromatic rings. The smallest absolute Gasteiger partial charge is 0.191 e. The Kier molecular flexibility index (Phi) is 14.6. The first-order valence-electron chi connectivity index (χ1n) is 9.91.